The highest BCUT2D eigenvalue weighted by Crippen LogP contribution is 2.39. The van der Waals surface area contributed by atoms with Crippen molar-refractivity contribution >= 4 is 54.9 Å². The number of hydrogen-bond donors (Lipinski definition) is 3. The number of hydrogen-bond acceptors (Lipinski definition) is 12. The molecular formula is C61H85Cl2N7O8S2. The molecule has 8 rings (SSSR count). The number of benzene rings is 4. The lowest BCUT2D eigenvalue weighted by Gasteiger charge is -2.34. The second kappa shape index (κ2) is 29.5. The average Bonchev–Trinajstić information content (AvgIpc) is 3.43. The smallest absolute Gasteiger partial charge is 0.314 e. The SMILES string of the molecule is Cc1cc(Cl)cc2c1CN(C)CC2c1cccc(S(=O)(=O)CC2CCN(CCOCCCC(=O)CCCCCNC(=O)NCCOCCN3CCC(NS(=O)(=O)c4cccc(C5CN(C)Cc6c(C)cc(Cl)cc65)c4)CC3)CC2)c1. The Kier molecular flexibility index (Phi) is 22.9. The van der Waals surface area contributed by atoms with Gasteiger partial charge in [0.25, 0.3) is 0 Å². The highest BCUT2D eigenvalue weighted by molar-refractivity contribution is 7.91. The predicted octanol–water partition coefficient (Wildman–Crippen LogP) is 8.94. The summed E-state index contributed by atoms with van der Waals surface area (Å²) in [5.74, 6) is 0.576. The van der Waals surface area contributed by atoms with Crippen LogP contribution in [0.3, 0.4) is 0 Å². The zero-order chi connectivity index (χ0) is 56.8. The maximum atomic E-state index is 13.7. The molecule has 4 heterocycles. The number of amides is 2. The van der Waals surface area contributed by atoms with Crippen molar-refractivity contribution in [2.24, 2.45) is 5.92 Å². The number of ketones is 1. The van der Waals surface area contributed by atoms with Crippen molar-refractivity contribution in [3.8, 4) is 0 Å². The molecule has 4 aliphatic heterocycles. The van der Waals surface area contributed by atoms with Gasteiger partial charge in [0.1, 0.15) is 5.78 Å². The molecule has 2 amide bonds. The van der Waals surface area contributed by atoms with Crippen LogP contribution in [0, 0.1) is 19.8 Å². The summed E-state index contributed by atoms with van der Waals surface area (Å²) in [5.41, 5.74) is 9.15. The van der Waals surface area contributed by atoms with Gasteiger partial charge in [-0.1, -0.05) is 53.9 Å². The van der Waals surface area contributed by atoms with Crippen LogP contribution in [-0.4, -0.2) is 166 Å². The zero-order valence-electron chi connectivity index (χ0n) is 47.5. The summed E-state index contributed by atoms with van der Waals surface area (Å²) in [6.45, 7) is 15.1. The Labute approximate surface area is 486 Å². The van der Waals surface area contributed by atoms with E-state index in [1.807, 2.05) is 60.7 Å². The van der Waals surface area contributed by atoms with Crippen LogP contribution in [0.4, 0.5) is 4.79 Å². The molecule has 0 aliphatic carbocycles. The van der Waals surface area contributed by atoms with Gasteiger partial charge in [0.2, 0.25) is 10.0 Å². The predicted molar refractivity (Wildman–Crippen MR) is 318 cm³/mol. The van der Waals surface area contributed by atoms with E-state index < -0.39 is 19.9 Å². The van der Waals surface area contributed by atoms with Crippen molar-refractivity contribution in [2.75, 3.05) is 112 Å². The number of fused-ring (bicyclic) bond motifs is 2. The van der Waals surface area contributed by atoms with Crippen LogP contribution in [0.15, 0.2) is 82.6 Å². The number of sulfonamides is 1. The third-order valence-electron chi connectivity index (χ3n) is 16.6. The molecule has 2 saturated heterocycles. The number of rotatable bonds is 27. The highest BCUT2D eigenvalue weighted by Gasteiger charge is 2.32. The molecule has 4 aromatic carbocycles. The fraction of sp³-hybridized carbons (Fsp3) is 0.574. The van der Waals surface area contributed by atoms with Gasteiger partial charge in [-0.2, -0.15) is 0 Å². The summed E-state index contributed by atoms with van der Waals surface area (Å²) >= 11 is 13.0. The second-order valence-electron chi connectivity index (χ2n) is 22.9. The average molecular weight is 1180 g/mol. The number of nitrogens with zero attached hydrogens (tertiary/aromatic N) is 4. The first-order chi connectivity index (χ1) is 38.4. The van der Waals surface area contributed by atoms with Crippen LogP contribution in [0.2, 0.25) is 10.0 Å². The zero-order valence-corrected chi connectivity index (χ0v) is 50.6. The monoisotopic (exact) mass is 1180 g/mol. The summed E-state index contributed by atoms with van der Waals surface area (Å²) in [4.78, 5) is 34.7. The van der Waals surface area contributed by atoms with E-state index in [2.05, 4.69) is 62.9 Å². The first kappa shape index (κ1) is 62.1. The van der Waals surface area contributed by atoms with Crippen molar-refractivity contribution in [1.29, 1.82) is 0 Å². The number of unbranched alkanes of at least 4 members (excludes halogenated alkanes) is 2. The number of halogens is 2. The van der Waals surface area contributed by atoms with Crippen LogP contribution in [-0.2, 0) is 47.2 Å². The van der Waals surface area contributed by atoms with E-state index in [0.717, 1.165) is 120 Å². The largest absolute Gasteiger partial charge is 0.380 e. The molecule has 0 radical (unpaired) electrons. The van der Waals surface area contributed by atoms with E-state index in [9.17, 15) is 26.4 Å². The number of piperidine rings is 2. The quantitative estimate of drug-likeness (QED) is 0.0486. The van der Waals surface area contributed by atoms with Gasteiger partial charge in [0.15, 0.2) is 9.84 Å². The number of nitrogens with one attached hydrogen (secondary N) is 3. The second-order valence-corrected chi connectivity index (χ2v) is 27.5. The van der Waals surface area contributed by atoms with Crippen LogP contribution in [0.25, 0.3) is 0 Å². The van der Waals surface area contributed by atoms with Gasteiger partial charge in [-0.15, -0.1) is 0 Å². The molecule has 4 aliphatic rings. The number of Topliss-reactive ketones (excluding diaryl/α,β-unsaturated/α-hetero) is 1. The summed E-state index contributed by atoms with van der Waals surface area (Å²) < 4.78 is 69.3. The molecule has 80 heavy (non-hydrogen) atoms. The Hall–Kier alpha value is -3.98. The van der Waals surface area contributed by atoms with Gasteiger partial charge in [0.05, 0.1) is 35.4 Å². The first-order valence-corrected chi connectivity index (χ1v) is 32.8. The molecule has 2 fully saturated rings. The standard InChI is InChI=1S/C61H85Cl2N7O8S2/c1-44-33-49(62)37-55-57(44)39-67(3)41-59(55)47-11-8-15-53(35-47)79(73,74)43-46-17-23-69(24-18-46)27-31-77-29-10-14-52(71)13-6-5-7-21-64-61(72)65-22-30-78-32-28-70-25-19-51(20-26-70)66-80(75,76)54-16-9-12-48(36-54)60-42-68(4)40-58-45(2)34-50(63)38-56(58)60/h8-9,11-12,15-16,33-38,46,51,59-60,66H,5-7,10,13-14,17-32,39-43H2,1-4H3,(H2,64,65,72). The van der Waals surface area contributed by atoms with Crippen molar-refractivity contribution in [3.63, 3.8) is 0 Å². The Balaban J connectivity index is 0.597. The third kappa shape index (κ3) is 17.8. The van der Waals surface area contributed by atoms with Crippen molar-refractivity contribution in [1.82, 2.24) is 35.0 Å². The van der Waals surface area contributed by atoms with E-state index in [4.69, 9.17) is 32.7 Å². The van der Waals surface area contributed by atoms with Gasteiger partial charge in [0, 0.05) is 99.7 Å². The molecule has 15 nitrogen and oxygen atoms in total. The van der Waals surface area contributed by atoms with Crippen LogP contribution in [0.5, 0.6) is 0 Å². The number of carbonyl (C=O) groups is 2. The number of likely N-dealkylation sites (N-methyl/N-ethyl adjacent to an activating group) is 2. The van der Waals surface area contributed by atoms with Gasteiger partial charge >= 0.3 is 6.03 Å². The van der Waals surface area contributed by atoms with Gasteiger partial charge in [-0.3, -0.25) is 4.79 Å². The number of aryl methyl sites for hydroxylation is 2. The minimum Gasteiger partial charge on any atom is -0.380 e. The summed E-state index contributed by atoms with van der Waals surface area (Å²) in [6, 6.07) is 22.5. The number of sulfone groups is 1. The van der Waals surface area contributed by atoms with Crippen molar-refractivity contribution in [3.05, 3.63) is 127 Å². The number of urea groups is 1. The minimum atomic E-state index is -3.72. The van der Waals surface area contributed by atoms with Crippen molar-refractivity contribution < 1.29 is 35.9 Å². The lowest BCUT2D eigenvalue weighted by atomic mass is 9.83. The molecular weight excluding hydrogens is 1090 g/mol. The lowest BCUT2D eigenvalue weighted by molar-refractivity contribution is -0.119. The molecule has 438 valence electrons. The normalized spacial score (nSPS) is 19.2. The van der Waals surface area contributed by atoms with E-state index >= 15 is 0 Å². The van der Waals surface area contributed by atoms with E-state index in [1.165, 1.54) is 22.3 Å². The topological polar surface area (TPSA) is 170 Å². The first-order valence-electron chi connectivity index (χ1n) is 28.9. The van der Waals surface area contributed by atoms with Gasteiger partial charge in [-0.25, -0.2) is 26.4 Å². The Morgan fingerprint density at radius 1 is 0.613 bits per heavy atom. The van der Waals surface area contributed by atoms with E-state index in [1.54, 1.807) is 12.1 Å². The fourth-order valence-electron chi connectivity index (χ4n) is 12.1. The summed E-state index contributed by atoms with van der Waals surface area (Å²) in [7, 11) is -2.98. The van der Waals surface area contributed by atoms with E-state index in [0.29, 0.717) is 86.6 Å². The molecule has 2 atom stereocenters. The van der Waals surface area contributed by atoms with Crippen LogP contribution in [0.1, 0.15) is 121 Å². The maximum Gasteiger partial charge on any atom is 0.314 e. The van der Waals surface area contributed by atoms with Gasteiger partial charge in [-0.05, 0) is 198 Å². The summed E-state index contributed by atoms with van der Waals surface area (Å²) in [5, 5.41) is 7.12. The van der Waals surface area contributed by atoms with Gasteiger partial charge < -0.3 is 39.7 Å². The molecule has 4 aromatic rings. The van der Waals surface area contributed by atoms with E-state index in [-0.39, 0.29) is 46.3 Å². The van der Waals surface area contributed by atoms with Crippen molar-refractivity contribution in [2.45, 2.75) is 119 Å². The molecule has 0 spiro atoms. The Bertz CT molecular complexity index is 2750. The molecule has 19 heteroatoms. The molecule has 0 saturated carbocycles. The Morgan fingerprint density at radius 3 is 1.74 bits per heavy atom. The third-order valence-corrected chi connectivity index (χ3v) is 20.4. The van der Waals surface area contributed by atoms with Crippen LogP contribution >= 0.6 is 23.2 Å². The number of carbonyl (C=O) groups excluding carboxylic acids is 2. The number of ether oxygens (including phenoxy) is 2. The fourth-order valence-corrected chi connectivity index (χ4v) is 15.8. The highest BCUT2D eigenvalue weighted by atomic mass is 35.5. The molecule has 0 aromatic heterocycles. The molecule has 0 bridgehead atoms. The molecule has 2 unspecified atom stereocenters. The lowest BCUT2D eigenvalue weighted by Crippen LogP contribution is -2.45. The minimum absolute atomic E-state index is 0.0227. The summed E-state index contributed by atoms with van der Waals surface area (Å²) in [6.07, 6.45) is 7.23. The number of likely N-dealkylation sites (tertiary alicyclic amines) is 2. The molecule has 3 N–H and O–H groups in total. The maximum absolute atomic E-state index is 13.7. The Morgan fingerprint density at radius 2 is 1.14 bits per heavy atom. The van der Waals surface area contributed by atoms with Crippen LogP contribution < -0.4 is 15.4 Å².